The van der Waals surface area contributed by atoms with Gasteiger partial charge in [0.15, 0.2) is 0 Å². The van der Waals surface area contributed by atoms with Gasteiger partial charge in [0.25, 0.3) is 5.56 Å². The molecule has 26 heavy (non-hydrogen) atoms. The van der Waals surface area contributed by atoms with Gasteiger partial charge in [-0.1, -0.05) is 12.1 Å². The van der Waals surface area contributed by atoms with Crippen molar-refractivity contribution in [2.45, 2.75) is 13.5 Å². The molecule has 0 atom stereocenters. The molecule has 1 N–H and O–H groups in total. The summed E-state index contributed by atoms with van der Waals surface area (Å²) in [5.41, 5.74) is 1.72. The van der Waals surface area contributed by atoms with Gasteiger partial charge < -0.3 is 9.72 Å². The third kappa shape index (κ3) is 3.62. The maximum Gasteiger partial charge on any atom is 0.266 e. The number of benzene rings is 2. The van der Waals surface area contributed by atoms with Crippen molar-refractivity contribution in [2.24, 2.45) is 0 Å². The van der Waals surface area contributed by atoms with Crippen LogP contribution in [0.15, 0.2) is 53.3 Å². The molecule has 0 unspecified atom stereocenters. The molecule has 2 aromatic carbocycles. The van der Waals surface area contributed by atoms with E-state index < -0.39 is 17.2 Å². The first-order valence-corrected chi connectivity index (χ1v) is 7.79. The van der Waals surface area contributed by atoms with Crippen LogP contribution in [0.2, 0.25) is 0 Å². The van der Waals surface area contributed by atoms with Gasteiger partial charge in [-0.05, 0) is 42.8 Å². The molecule has 0 saturated heterocycles. The number of hydrogen-bond acceptors (Lipinski definition) is 3. The predicted molar refractivity (Wildman–Crippen MR) is 92.6 cm³/mol. The van der Waals surface area contributed by atoms with Gasteiger partial charge in [0.05, 0.1) is 0 Å². The fraction of sp³-hybridized carbons (Fsp3) is 0.100. The van der Waals surface area contributed by atoms with Crippen molar-refractivity contribution in [1.82, 2.24) is 4.98 Å². The summed E-state index contributed by atoms with van der Waals surface area (Å²) in [6.45, 7) is 1.69. The highest BCUT2D eigenvalue weighted by atomic mass is 19.1. The Balaban J connectivity index is 1.81. The summed E-state index contributed by atoms with van der Waals surface area (Å²) in [5, 5.41) is 9.20. The van der Waals surface area contributed by atoms with E-state index in [0.29, 0.717) is 22.6 Å². The van der Waals surface area contributed by atoms with Crippen LogP contribution in [-0.4, -0.2) is 4.98 Å². The Labute approximate surface area is 148 Å². The van der Waals surface area contributed by atoms with Crippen LogP contribution < -0.4 is 10.3 Å². The number of pyridine rings is 1. The number of aromatic amines is 1. The van der Waals surface area contributed by atoms with Crippen molar-refractivity contribution in [3.63, 3.8) is 0 Å². The molecule has 0 aliphatic rings. The lowest BCUT2D eigenvalue weighted by molar-refractivity contribution is 0.299. The number of nitrogens with zero attached hydrogens (tertiary/aromatic N) is 1. The molecule has 0 spiro atoms. The molecule has 6 heteroatoms. The molecule has 1 aromatic heterocycles. The maximum atomic E-state index is 13.6. The zero-order chi connectivity index (χ0) is 18.7. The lowest BCUT2D eigenvalue weighted by atomic mass is 10.0. The Morgan fingerprint density at radius 1 is 1.12 bits per heavy atom. The molecule has 0 saturated carbocycles. The highest BCUT2D eigenvalue weighted by Crippen LogP contribution is 2.25. The van der Waals surface area contributed by atoms with Crippen LogP contribution in [0.1, 0.15) is 16.8 Å². The van der Waals surface area contributed by atoms with Crippen LogP contribution in [0.4, 0.5) is 8.78 Å². The summed E-state index contributed by atoms with van der Waals surface area (Å²) in [7, 11) is 0. The van der Waals surface area contributed by atoms with Gasteiger partial charge in [0.2, 0.25) is 0 Å². The minimum Gasteiger partial charge on any atom is -0.489 e. The van der Waals surface area contributed by atoms with Crippen molar-refractivity contribution in [3.05, 3.63) is 87.3 Å². The first kappa shape index (κ1) is 17.4. The van der Waals surface area contributed by atoms with Gasteiger partial charge in [-0.25, -0.2) is 8.78 Å². The van der Waals surface area contributed by atoms with Crippen molar-refractivity contribution in [1.29, 1.82) is 5.26 Å². The molecule has 0 bridgehead atoms. The van der Waals surface area contributed by atoms with Crippen LogP contribution in [-0.2, 0) is 6.61 Å². The number of ether oxygens (including phenoxy) is 1. The molecule has 0 aliphatic heterocycles. The topological polar surface area (TPSA) is 65.9 Å². The summed E-state index contributed by atoms with van der Waals surface area (Å²) in [6.07, 6.45) is 0. The Hall–Kier alpha value is -3.46. The minimum atomic E-state index is -0.667. The van der Waals surface area contributed by atoms with Crippen LogP contribution >= 0.6 is 0 Å². The van der Waals surface area contributed by atoms with E-state index in [1.807, 2.05) is 6.07 Å². The second-order valence-corrected chi connectivity index (χ2v) is 5.73. The highest BCUT2D eigenvalue weighted by molar-refractivity contribution is 5.70. The third-order valence-corrected chi connectivity index (χ3v) is 3.85. The molecule has 0 amide bonds. The van der Waals surface area contributed by atoms with Crippen molar-refractivity contribution in [2.75, 3.05) is 0 Å². The van der Waals surface area contributed by atoms with Crippen LogP contribution in [0.25, 0.3) is 11.1 Å². The smallest absolute Gasteiger partial charge is 0.266 e. The van der Waals surface area contributed by atoms with E-state index in [1.54, 1.807) is 37.3 Å². The number of aryl methyl sites for hydroxylation is 1. The van der Waals surface area contributed by atoms with Crippen LogP contribution in [0.3, 0.4) is 0 Å². The average Bonchev–Trinajstić information content (AvgIpc) is 2.61. The van der Waals surface area contributed by atoms with E-state index in [2.05, 4.69) is 4.98 Å². The van der Waals surface area contributed by atoms with Gasteiger partial charge in [0.1, 0.15) is 35.6 Å². The van der Waals surface area contributed by atoms with Gasteiger partial charge >= 0.3 is 0 Å². The fourth-order valence-corrected chi connectivity index (χ4v) is 2.56. The summed E-state index contributed by atoms with van der Waals surface area (Å²) < 4.78 is 32.0. The Bertz CT molecular complexity index is 1050. The van der Waals surface area contributed by atoms with Gasteiger partial charge in [-0.3, -0.25) is 4.79 Å². The predicted octanol–water partition coefficient (Wildman–Crippen LogP) is 4.08. The minimum absolute atomic E-state index is 0.0395. The van der Waals surface area contributed by atoms with Crippen molar-refractivity contribution in [3.8, 4) is 22.9 Å². The van der Waals surface area contributed by atoms with Crippen molar-refractivity contribution < 1.29 is 13.5 Å². The van der Waals surface area contributed by atoms with E-state index in [4.69, 9.17) is 4.74 Å². The van der Waals surface area contributed by atoms with E-state index >= 15 is 0 Å². The average molecular weight is 352 g/mol. The summed E-state index contributed by atoms with van der Waals surface area (Å²) in [6, 6.07) is 13.7. The first-order chi connectivity index (χ1) is 12.5. The van der Waals surface area contributed by atoms with Crippen LogP contribution in [0, 0.1) is 29.9 Å². The number of H-pyrrole nitrogens is 1. The van der Waals surface area contributed by atoms with Gasteiger partial charge in [-0.15, -0.1) is 0 Å². The van der Waals surface area contributed by atoms with Gasteiger partial charge in [0, 0.05) is 22.9 Å². The zero-order valence-electron chi connectivity index (χ0n) is 13.8. The molecule has 130 valence electrons. The molecule has 0 radical (unpaired) electrons. The van der Waals surface area contributed by atoms with E-state index in [0.717, 1.165) is 6.07 Å². The molecule has 0 aliphatic carbocycles. The number of aromatic nitrogens is 1. The summed E-state index contributed by atoms with van der Waals surface area (Å²) in [4.78, 5) is 14.5. The summed E-state index contributed by atoms with van der Waals surface area (Å²) >= 11 is 0. The molecule has 3 rings (SSSR count). The number of halogens is 2. The Morgan fingerprint density at radius 2 is 1.85 bits per heavy atom. The van der Waals surface area contributed by atoms with Gasteiger partial charge in [-0.2, -0.15) is 5.26 Å². The molecule has 0 fully saturated rings. The number of nitriles is 1. The number of hydrogen-bond donors (Lipinski definition) is 1. The Kier molecular flexibility index (Phi) is 4.81. The molecule has 3 aromatic rings. The number of rotatable bonds is 4. The van der Waals surface area contributed by atoms with E-state index in [1.165, 1.54) is 12.1 Å². The standard InChI is InChI=1S/C20H14F2N2O2/c1-12-8-17(18(10-23)20(25)24-12)13-3-6-16(7-4-13)26-11-14-2-5-15(21)9-19(14)22/h2-9H,11H2,1H3,(H,24,25). The monoisotopic (exact) mass is 352 g/mol. The number of nitrogens with one attached hydrogen (secondary N) is 1. The molecular weight excluding hydrogens is 338 g/mol. The van der Waals surface area contributed by atoms with Crippen LogP contribution in [0.5, 0.6) is 5.75 Å². The highest BCUT2D eigenvalue weighted by Gasteiger charge is 2.10. The summed E-state index contributed by atoms with van der Waals surface area (Å²) in [5.74, 6) is -0.825. The normalized spacial score (nSPS) is 10.4. The first-order valence-electron chi connectivity index (χ1n) is 7.79. The largest absolute Gasteiger partial charge is 0.489 e. The maximum absolute atomic E-state index is 13.6. The SMILES string of the molecule is Cc1cc(-c2ccc(OCc3ccc(F)cc3F)cc2)c(C#N)c(=O)[nH]1. The second-order valence-electron chi connectivity index (χ2n) is 5.73. The Morgan fingerprint density at radius 3 is 2.50 bits per heavy atom. The lowest BCUT2D eigenvalue weighted by Gasteiger charge is -2.09. The third-order valence-electron chi connectivity index (χ3n) is 3.85. The lowest BCUT2D eigenvalue weighted by Crippen LogP contribution is -2.12. The van der Waals surface area contributed by atoms with Crippen molar-refractivity contribution >= 4 is 0 Å². The molecule has 1 heterocycles. The van der Waals surface area contributed by atoms with E-state index in [9.17, 15) is 18.8 Å². The van der Waals surface area contributed by atoms with E-state index in [-0.39, 0.29) is 17.7 Å². The molecular formula is C20H14F2N2O2. The quantitative estimate of drug-likeness (QED) is 0.769. The molecule has 4 nitrogen and oxygen atoms in total. The zero-order valence-corrected chi connectivity index (χ0v) is 13.8. The fourth-order valence-electron chi connectivity index (χ4n) is 2.56. The second kappa shape index (κ2) is 7.19.